The van der Waals surface area contributed by atoms with Crippen LogP contribution in [0.15, 0.2) is 23.7 Å². The van der Waals surface area contributed by atoms with Gasteiger partial charge in [-0.05, 0) is 47.9 Å². The van der Waals surface area contributed by atoms with Crippen LogP contribution in [0.1, 0.15) is 28.2 Å². The molecule has 2 aromatic heterocycles. The van der Waals surface area contributed by atoms with Crippen LogP contribution in [-0.4, -0.2) is 23.0 Å². The van der Waals surface area contributed by atoms with E-state index >= 15 is 0 Å². The number of halogens is 3. The molecular weight excluding hydrogens is 393 g/mol. The van der Waals surface area contributed by atoms with Crippen molar-refractivity contribution >= 4 is 27.4 Å². The average Bonchev–Trinajstić information content (AvgIpc) is 3.03. The van der Waals surface area contributed by atoms with Crippen LogP contribution in [0.3, 0.4) is 0 Å². The molecule has 3 aromatic rings. The van der Waals surface area contributed by atoms with Gasteiger partial charge >= 0.3 is 12.1 Å². The summed E-state index contributed by atoms with van der Waals surface area (Å²) in [6.45, 7) is 3.45. The molecule has 1 aromatic carbocycles. The number of nitrogens with zero attached hydrogens (tertiary/aromatic N) is 2. The van der Waals surface area contributed by atoms with Crippen molar-refractivity contribution in [2.45, 2.75) is 33.1 Å². The van der Waals surface area contributed by atoms with Gasteiger partial charge in [-0.25, -0.2) is 9.97 Å². The number of methoxy groups -OCH3 is 1. The monoisotopic (exact) mass is 410 g/mol. The third-order valence-electron chi connectivity index (χ3n) is 4.21. The highest BCUT2D eigenvalue weighted by molar-refractivity contribution is 7.17. The van der Waals surface area contributed by atoms with Crippen molar-refractivity contribution < 1.29 is 27.4 Å². The first-order valence-corrected chi connectivity index (χ1v) is 9.17. The Kier molecular flexibility index (Phi) is 5.55. The largest absolute Gasteiger partial charge is 0.489 e. The van der Waals surface area contributed by atoms with E-state index in [2.05, 4.69) is 9.97 Å². The highest BCUT2D eigenvalue weighted by Gasteiger charge is 2.34. The van der Waals surface area contributed by atoms with E-state index in [0.29, 0.717) is 11.3 Å². The molecule has 2 heterocycles. The summed E-state index contributed by atoms with van der Waals surface area (Å²) in [6, 6.07) is 3.67. The average molecular weight is 410 g/mol. The first kappa shape index (κ1) is 20.1. The molecule has 0 saturated heterocycles. The number of benzene rings is 1. The maximum atomic E-state index is 12.7. The minimum absolute atomic E-state index is 0.0509. The van der Waals surface area contributed by atoms with Crippen molar-refractivity contribution in [2.75, 3.05) is 7.11 Å². The van der Waals surface area contributed by atoms with E-state index in [1.54, 1.807) is 0 Å². The van der Waals surface area contributed by atoms with E-state index in [4.69, 9.17) is 9.47 Å². The molecule has 3 rings (SSSR count). The predicted octanol–water partition coefficient (Wildman–Crippen LogP) is 4.62. The van der Waals surface area contributed by atoms with Crippen molar-refractivity contribution in [3.63, 3.8) is 0 Å². The molecule has 0 bridgehead atoms. The van der Waals surface area contributed by atoms with Gasteiger partial charge in [0.05, 0.1) is 13.5 Å². The van der Waals surface area contributed by atoms with Crippen molar-refractivity contribution in [2.24, 2.45) is 0 Å². The molecule has 0 amide bonds. The molecule has 0 fully saturated rings. The van der Waals surface area contributed by atoms with Crippen LogP contribution < -0.4 is 4.74 Å². The predicted molar refractivity (Wildman–Crippen MR) is 98.4 cm³/mol. The van der Waals surface area contributed by atoms with E-state index in [-0.39, 0.29) is 24.7 Å². The van der Waals surface area contributed by atoms with Crippen LogP contribution in [0.5, 0.6) is 5.75 Å². The number of esters is 1. The third-order valence-corrected chi connectivity index (χ3v) is 5.19. The lowest BCUT2D eigenvalue weighted by Crippen LogP contribution is -2.13. The van der Waals surface area contributed by atoms with Crippen molar-refractivity contribution in [3.8, 4) is 5.75 Å². The van der Waals surface area contributed by atoms with Crippen LogP contribution in [0.25, 0.3) is 10.1 Å². The van der Waals surface area contributed by atoms with Crippen molar-refractivity contribution in [3.05, 3.63) is 51.9 Å². The van der Waals surface area contributed by atoms with Gasteiger partial charge in [0.25, 0.3) is 0 Å². The van der Waals surface area contributed by atoms with E-state index in [1.807, 2.05) is 24.4 Å². The molecule has 0 atom stereocenters. The van der Waals surface area contributed by atoms with E-state index in [9.17, 15) is 18.0 Å². The highest BCUT2D eigenvalue weighted by atomic mass is 32.1. The van der Waals surface area contributed by atoms with Crippen LogP contribution in [0.4, 0.5) is 13.2 Å². The van der Waals surface area contributed by atoms with Crippen LogP contribution in [0, 0.1) is 13.8 Å². The van der Waals surface area contributed by atoms with Gasteiger partial charge in [-0.15, -0.1) is 11.3 Å². The van der Waals surface area contributed by atoms with Crippen LogP contribution >= 0.6 is 11.3 Å². The molecule has 9 heteroatoms. The lowest BCUT2D eigenvalue weighted by molar-refractivity contribution is -0.145. The number of carbonyl (C=O) groups is 1. The van der Waals surface area contributed by atoms with E-state index < -0.39 is 12.0 Å². The second-order valence-corrected chi connectivity index (χ2v) is 7.13. The SMILES string of the molecule is COC(=O)Cc1csc2cc(OCc3cnc(C(F)(F)F)nc3C)cc(C)c12. The Morgan fingerprint density at radius 1 is 1.21 bits per heavy atom. The van der Waals surface area contributed by atoms with Gasteiger partial charge in [-0.1, -0.05) is 0 Å². The van der Waals surface area contributed by atoms with Gasteiger partial charge in [0.15, 0.2) is 0 Å². The fourth-order valence-electron chi connectivity index (χ4n) is 2.79. The van der Waals surface area contributed by atoms with E-state index in [0.717, 1.165) is 27.4 Å². The Balaban J connectivity index is 1.79. The molecule has 0 radical (unpaired) electrons. The van der Waals surface area contributed by atoms with Gasteiger partial charge in [0.1, 0.15) is 12.4 Å². The van der Waals surface area contributed by atoms with E-state index in [1.165, 1.54) is 25.4 Å². The maximum absolute atomic E-state index is 12.7. The smallest absolute Gasteiger partial charge is 0.451 e. The second-order valence-electron chi connectivity index (χ2n) is 6.22. The zero-order valence-electron chi connectivity index (χ0n) is 15.4. The minimum Gasteiger partial charge on any atom is -0.489 e. The molecule has 28 heavy (non-hydrogen) atoms. The van der Waals surface area contributed by atoms with Crippen molar-refractivity contribution in [1.29, 1.82) is 0 Å². The van der Waals surface area contributed by atoms with Gasteiger partial charge in [0, 0.05) is 22.2 Å². The molecule has 0 N–H and O–H groups in total. The summed E-state index contributed by atoms with van der Waals surface area (Å²) >= 11 is 1.49. The summed E-state index contributed by atoms with van der Waals surface area (Å²) in [5, 5.41) is 2.89. The summed E-state index contributed by atoms with van der Waals surface area (Å²) in [7, 11) is 1.35. The first-order chi connectivity index (χ1) is 13.2. The Morgan fingerprint density at radius 2 is 1.96 bits per heavy atom. The van der Waals surface area contributed by atoms with Gasteiger partial charge < -0.3 is 9.47 Å². The van der Waals surface area contributed by atoms with Crippen molar-refractivity contribution in [1.82, 2.24) is 9.97 Å². The number of thiophene rings is 1. The minimum atomic E-state index is -4.58. The van der Waals surface area contributed by atoms with Gasteiger partial charge in [0.2, 0.25) is 5.82 Å². The second kappa shape index (κ2) is 7.75. The molecule has 0 aliphatic heterocycles. The summed E-state index contributed by atoms with van der Waals surface area (Å²) in [4.78, 5) is 18.4. The zero-order chi connectivity index (χ0) is 20.5. The Hall–Kier alpha value is -2.68. The van der Waals surface area contributed by atoms with Gasteiger partial charge in [-0.2, -0.15) is 13.2 Å². The lowest BCUT2D eigenvalue weighted by Gasteiger charge is -2.11. The number of ether oxygens (including phenoxy) is 2. The zero-order valence-corrected chi connectivity index (χ0v) is 16.2. The summed E-state index contributed by atoms with van der Waals surface area (Å²) in [5.41, 5.74) is 2.52. The summed E-state index contributed by atoms with van der Waals surface area (Å²) < 4.78 is 49.4. The van der Waals surface area contributed by atoms with Crippen LogP contribution in [0.2, 0.25) is 0 Å². The molecule has 0 aliphatic carbocycles. The fraction of sp³-hybridized carbons (Fsp3) is 0.316. The maximum Gasteiger partial charge on any atom is 0.451 e. The number of fused-ring (bicyclic) bond motifs is 1. The molecule has 148 valence electrons. The number of alkyl halides is 3. The third kappa shape index (κ3) is 4.24. The summed E-state index contributed by atoms with van der Waals surface area (Å²) in [6.07, 6.45) is -3.25. The number of aryl methyl sites for hydroxylation is 2. The Labute approximate surface area is 163 Å². The van der Waals surface area contributed by atoms with Gasteiger partial charge in [-0.3, -0.25) is 4.79 Å². The first-order valence-electron chi connectivity index (χ1n) is 8.29. The molecule has 0 spiro atoms. The topological polar surface area (TPSA) is 61.3 Å². The normalized spacial score (nSPS) is 11.6. The molecule has 0 saturated carbocycles. The molecule has 0 unspecified atom stereocenters. The fourth-order valence-corrected chi connectivity index (χ4v) is 3.86. The molecule has 0 aliphatic rings. The number of hydrogen-bond donors (Lipinski definition) is 0. The Morgan fingerprint density at radius 3 is 2.61 bits per heavy atom. The molecular formula is C19H17F3N2O3S. The highest BCUT2D eigenvalue weighted by Crippen LogP contribution is 2.33. The quantitative estimate of drug-likeness (QED) is 0.575. The number of aromatic nitrogens is 2. The number of rotatable bonds is 5. The number of hydrogen-bond acceptors (Lipinski definition) is 6. The standard InChI is InChI=1S/C19H17F3N2O3S/c1-10-4-14(6-15-17(10)12(9-28-15)5-16(25)26-3)27-8-13-7-23-18(19(20,21)22)24-11(13)2/h4,6-7,9H,5,8H2,1-3H3. The lowest BCUT2D eigenvalue weighted by atomic mass is 10.1. The van der Waals surface area contributed by atoms with Crippen LogP contribution in [-0.2, 0) is 28.7 Å². The molecule has 5 nitrogen and oxygen atoms in total. The Bertz CT molecular complexity index is 1030. The summed E-state index contributed by atoms with van der Waals surface area (Å²) in [5.74, 6) is -0.893. The number of carbonyl (C=O) groups excluding carboxylic acids is 1.